The zero-order valence-electron chi connectivity index (χ0n) is 19.6. The Bertz CT molecular complexity index is 1390. The molecule has 0 saturated carbocycles. The van der Waals surface area contributed by atoms with Crippen LogP contribution in [0.1, 0.15) is 26.3 Å². The maximum Gasteiger partial charge on any atom is 0.339 e. The van der Waals surface area contributed by atoms with Crippen molar-refractivity contribution >= 4 is 50.8 Å². The number of esters is 2. The largest absolute Gasteiger partial charge is 0.465 e. The summed E-state index contributed by atoms with van der Waals surface area (Å²) in [5.41, 5.74) is 1.16. The highest BCUT2D eigenvalue weighted by Gasteiger charge is 2.28. The minimum absolute atomic E-state index is 0.0269. The van der Waals surface area contributed by atoms with E-state index >= 15 is 0 Å². The van der Waals surface area contributed by atoms with Crippen LogP contribution in [0.3, 0.4) is 0 Å². The van der Waals surface area contributed by atoms with Crippen LogP contribution in [-0.4, -0.2) is 47.0 Å². The molecule has 1 N–H and O–H groups in total. The van der Waals surface area contributed by atoms with Gasteiger partial charge in [0.1, 0.15) is 6.54 Å². The Morgan fingerprint density at radius 3 is 2.08 bits per heavy atom. The number of nitrogens with one attached hydrogen (secondary N) is 1. The van der Waals surface area contributed by atoms with Gasteiger partial charge in [0.25, 0.3) is 10.0 Å². The summed E-state index contributed by atoms with van der Waals surface area (Å²) in [4.78, 5) is 37.2. The fraction of sp³-hybridized carbons (Fsp3) is 0.160. The Balaban J connectivity index is 2.00. The van der Waals surface area contributed by atoms with Crippen LogP contribution in [0.2, 0.25) is 5.02 Å². The second-order valence-electron chi connectivity index (χ2n) is 7.59. The summed E-state index contributed by atoms with van der Waals surface area (Å²) in [7, 11) is -1.82. The summed E-state index contributed by atoms with van der Waals surface area (Å²) in [5.74, 6) is -2.21. The van der Waals surface area contributed by atoms with E-state index in [9.17, 15) is 22.8 Å². The van der Waals surface area contributed by atoms with Crippen LogP contribution in [-0.2, 0) is 24.3 Å². The van der Waals surface area contributed by atoms with Gasteiger partial charge in [-0.3, -0.25) is 9.10 Å². The molecule has 1 amide bonds. The van der Waals surface area contributed by atoms with Crippen molar-refractivity contribution in [3.63, 3.8) is 0 Å². The molecule has 0 aromatic heterocycles. The lowest BCUT2D eigenvalue weighted by Crippen LogP contribution is -2.38. The van der Waals surface area contributed by atoms with Gasteiger partial charge in [0.05, 0.1) is 41.6 Å². The third kappa shape index (κ3) is 6.02. The third-order valence-corrected chi connectivity index (χ3v) is 7.17. The van der Waals surface area contributed by atoms with Crippen molar-refractivity contribution in [1.82, 2.24) is 0 Å². The standard InChI is InChI=1S/C25H23ClN2O7S/c1-16-4-9-19(10-5-16)28(36(32,33)20-11-7-18(26)8-12-20)15-23(29)27-22-14-17(24(30)34-2)6-13-21(22)25(31)35-3/h4-14H,15H2,1-3H3,(H,27,29). The minimum atomic E-state index is -4.18. The molecule has 36 heavy (non-hydrogen) atoms. The first-order chi connectivity index (χ1) is 17.1. The number of carbonyl (C=O) groups is 3. The van der Waals surface area contributed by atoms with Gasteiger partial charge in [0.2, 0.25) is 5.91 Å². The molecule has 0 fully saturated rings. The molecule has 0 saturated heterocycles. The van der Waals surface area contributed by atoms with Gasteiger partial charge in [-0.25, -0.2) is 18.0 Å². The van der Waals surface area contributed by atoms with Crippen LogP contribution >= 0.6 is 11.6 Å². The first-order valence-corrected chi connectivity index (χ1v) is 12.3. The lowest BCUT2D eigenvalue weighted by Gasteiger charge is -2.24. The first-order valence-electron chi connectivity index (χ1n) is 10.5. The van der Waals surface area contributed by atoms with Crippen LogP contribution in [0, 0.1) is 6.92 Å². The third-order valence-electron chi connectivity index (χ3n) is 5.13. The predicted molar refractivity (Wildman–Crippen MR) is 135 cm³/mol. The molecule has 0 radical (unpaired) electrons. The molecule has 3 rings (SSSR count). The molecule has 188 valence electrons. The van der Waals surface area contributed by atoms with E-state index in [1.807, 2.05) is 6.92 Å². The van der Waals surface area contributed by atoms with Gasteiger partial charge >= 0.3 is 11.9 Å². The number of aryl methyl sites for hydroxylation is 1. The Hall–Kier alpha value is -3.89. The van der Waals surface area contributed by atoms with Crippen molar-refractivity contribution in [3.8, 4) is 0 Å². The highest BCUT2D eigenvalue weighted by molar-refractivity contribution is 7.92. The van der Waals surface area contributed by atoms with Crippen LogP contribution < -0.4 is 9.62 Å². The highest BCUT2D eigenvalue weighted by Crippen LogP contribution is 2.26. The molecule has 0 bridgehead atoms. The molecule has 11 heteroatoms. The summed E-state index contributed by atoms with van der Waals surface area (Å²) in [5, 5.41) is 2.87. The number of methoxy groups -OCH3 is 2. The van der Waals surface area contributed by atoms with Crippen molar-refractivity contribution in [2.45, 2.75) is 11.8 Å². The fourth-order valence-corrected chi connectivity index (χ4v) is 4.81. The quantitative estimate of drug-likeness (QED) is 0.436. The van der Waals surface area contributed by atoms with Crippen molar-refractivity contribution in [3.05, 3.63) is 88.4 Å². The molecule has 3 aromatic carbocycles. The topological polar surface area (TPSA) is 119 Å². The summed E-state index contributed by atoms with van der Waals surface area (Å²) in [6.45, 7) is 1.22. The van der Waals surface area contributed by atoms with Crippen molar-refractivity contribution in [2.24, 2.45) is 0 Å². The maximum absolute atomic E-state index is 13.5. The number of amides is 1. The Morgan fingerprint density at radius 2 is 1.50 bits per heavy atom. The van der Waals surface area contributed by atoms with Gasteiger partial charge in [-0.2, -0.15) is 0 Å². The molecule has 0 aliphatic rings. The maximum atomic E-state index is 13.5. The van der Waals surface area contributed by atoms with E-state index in [2.05, 4.69) is 5.32 Å². The number of hydrogen-bond acceptors (Lipinski definition) is 7. The second kappa shape index (κ2) is 11.2. The highest BCUT2D eigenvalue weighted by atomic mass is 35.5. The molecule has 9 nitrogen and oxygen atoms in total. The Labute approximate surface area is 213 Å². The predicted octanol–water partition coefficient (Wildman–Crippen LogP) is 4.06. The van der Waals surface area contributed by atoms with Gasteiger partial charge < -0.3 is 14.8 Å². The Morgan fingerprint density at radius 1 is 0.889 bits per heavy atom. The number of ether oxygens (including phenoxy) is 2. The molecule has 0 spiro atoms. The van der Waals surface area contributed by atoms with E-state index in [1.165, 1.54) is 56.7 Å². The van der Waals surface area contributed by atoms with Crippen LogP contribution in [0.4, 0.5) is 11.4 Å². The Kier molecular flexibility index (Phi) is 8.33. The smallest absolute Gasteiger partial charge is 0.339 e. The average molecular weight is 531 g/mol. The lowest BCUT2D eigenvalue weighted by molar-refractivity contribution is -0.114. The molecule has 0 aliphatic carbocycles. The van der Waals surface area contributed by atoms with E-state index in [0.29, 0.717) is 5.02 Å². The molecular formula is C25H23ClN2O7S. The van der Waals surface area contributed by atoms with Crippen molar-refractivity contribution in [2.75, 3.05) is 30.4 Å². The second-order valence-corrected chi connectivity index (χ2v) is 9.89. The zero-order chi connectivity index (χ0) is 26.5. The zero-order valence-corrected chi connectivity index (χ0v) is 21.2. The molecule has 0 atom stereocenters. The van der Waals surface area contributed by atoms with Crippen LogP contribution in [0.5, 0.6) is 0 Å². The summed E-state index contributed by atoms with van der Waals surface area (Å²) < 4.78 is 37.4. The SMILES string of the molecule is COC(=O)c1ccc(C(=O)OC)c(NC(=O)CN(c2ccc(C)cc2)S(=O)(=O)c2ccc(Cl)cc2)c1. The molecule has 0 heterocycles. The van der Waals surface area contributed by atoms with E-state index in [0.717, 1.165) is 9.87 Å². The van der Waals surface area contributed by atoms with Gasteiger partial charge in [-0.1, -0.05) is 29.3 Å². The monoisotopic (exact) mass is 530 g/mol. The number of nitrogens with zero attached hydrogens (tertiary/aromatic N) is 1. The molecule has 0 aliphatic heterocycles. The van der Waals surface area contributed by atoms with Crippen LogP contribution in [0.25, 0.3) is 0 Å². The average Bonchev–Trinajstić information content (AvgIpc) is 2.87. The van der Waals surface area contributed by atoms with Gasteiger partial charge in [0, 0.05) is 5.02 Å². The van der Waals surface area contributed by atoms with Crippen molar-refractivity contribution < 1.29 is 32.3 Å². The van der Waals surface area contributed by atoms with Gasteiger partial charge in [-0.15, -0.1) is 0 Å². The number of sulfonamides is 1. The van der Waals surface area contributed by atoms with E-state index < -0.39 is 34.4 Å². The number of halogens is 1. The number of carbonyl (C=O) groups excluding carboxylic acids is 3. The van der Waals surface area contributed by atoms with Crippen LogP contribution in [0.15, 0.2) is 71.6 Å². The summed E-state index contributed by atoms with van der Waals surface area (Å²) in [6, 6.07) is 16.0. The van der Waals surface area contributed by atoms with Gasteiger partial charge in [0.15, 0.2) is 0 Å². The minimum Gasteiger partial charge on any atom is -0.465 e. The fourth-order valence-electron chi connectivity index (χ4n) is 3.26. The number of rotatable bonds is 8. The summed E-state index contributed by atoms with van der Waals surface area (Å²) >= 11 is 5.90. The molecular weight excluding hydrogens is 508 g/mol. The number of benzene rings is 3. The number of hydrogen-bond donors (Lipinski definition) is 1. The number of anilines is 2. The van der Waals surface area contributed by atoms with Crippen molar-refractivity contribution in [1.29, 1.82) is 0 Å². The molecule has 0 unspecified atom stereocenters. The van der Waals surface area contributed by atoms with E-state index in [4.69, 9.17) is 21.1 Å². The summed E-state index contributed by atoms with van der Waals surface area (Å²) in [6.07, 6.45) is 0. The van der Waals surface area contributed by atoms with E-state index in [-0.39, 0.29) is 27.4 Å². The normalized spacial score (nSPS) is 10.9. The van der Waals surface area contributed by atoms with E-state index in [1.54, 1.807) is 24.3 Å². The molecule has 3 aromatic rings. The lowest BCUT2D eigenvalue weighted by atomic mass is 10.1. The van der Waals surface area contributed by atoms with Gasteiger partial charge in [-0.05, 0) is 61.5 Å². The first kappa shape index (κ1) is 26.7.